The summed E-state index contributed by atoms with van der Waals surface area (Å²) in [6, 6.07) is 13.5. The summed E-state index contributed by atoms with van der Waals surface area (Å²) in [6.07, 6.45) is 0. The number of para-hydroxylation sites is 1. The minimum atomic E-state index is -0.454. The molecule has 0 aromatic heterocycles. The Morgan fingerprint density at radius 1 is 1.12 bits per heavy atom. The van der Waals surface area contributed by atoms with E-state index in [0.29, 0.717) is 37.7 Å². The zero-order chi connectivity index (χ0) is 16.9. The minimum Gasteiger partial charge on any atom is -0.378 e. The van der Waals surface area contributed by atoms with Crippen molar-refractivity contribution in [1.82, 2.24) is 0 Å². The van der Waals surface area contributed by atoms with Gasteiger partial charge in [-0.15, -0.1) is 0 Å². The van der Waals surface area contributed by atoms with Gasteiger partial charge in [0, 0.05) is 30.4 Å². The molecule has 1 heterocycles. The van der Waals surface area contributed by atoms with Crippen LogP contribution in [0.5, 0.6) is 0 Å². The highest BCUT2D eigenvalue weighted by Gasteiger charge is 2.23. The summed E-state index contributed by atoms with van der Waals surface area (Å²) in [5.41, 5.74) is 1.34. The van der Waals surface area contributed by atoms with Crippen LogP contribution in [0.15, 0.2) is 48.5 Å². The third kappa shape index (κ3) is 3.52. The van der Waals surface area contributed by atoms with Gasteiger partial charge in [0.05, 0.1) is 18.1 Å². The van der Waals surface area contributed by atoms with Crippen molar-refractivity contribution in [1.29, 1.82) is 0 Å². The van der Waals surface area contributed by atoms with Gasteiger partial charge >= 0.3 is 0 Å². The molecule has 1 N–H and O–H groups in total. The second kappa shape index (κ2) is 7.10. The third-order valence-corrected chi connectivity index (χ3v) is 3.82. The number of rotatable bonds is 4. The number of amides is 1. The summed E-state index contributed by atoms with van der Waals surface area (Å²) in [5, 5.41) is 14.1. The molecule has 1 saturated heterocycles. The number of carbonyl (C=O) groups excluding carboxylic acids is 1. The van der Waals surface area contributed by atoms with Crippen LogP contribution in [0.1, 0.15) is 10.4 Å². The van der Waals surface area contributed by atoms with Crippen molar-refractivity contribution in [2.45, 2.75) is 0 Å². The SMILES string of the molecule is O=C(Nc1ccccc1)c1ccc(N2CCOCC2)c([N+](=O)[O-])c1. The molecule has 0 atom stereocenters. The van der Waals surface area contributed by atoms with Gasteiger partial charge in [-0.05, 0) is 24.3 Å². The Balaban J connectivity index is 1.85. The maximum absolute atomic E-state index is 12.3. The number of nitro groups is 1. The highest BCUT2D eigenvalue weighted by Crippen LogP contribution is 2.30. The second-order valence-electron chi connectivity index (χ2n) is 5.38. The molecular weight excluding hydrogens is 310 g/mol. The first-order valence-electron chi connectivity index (χ1n) is 7.63. The van der Waals surface area contributed by atoms with E-state index >= 15 is 0 Å². The largest absolute Gasteiger partial charge is 0.378 e. The van der Waals surface area contributed by atoms with E-state index in [1.165, 1.54) is 6.07 Å². The first-order chi connectivity index (χ1) is 11.6. The van der Waals surface area contributed by atoms with E-state index in [0.717, 1.165) is 0 Å². The zero-order valence-electron chi connectivity index (χ0n) is 13.0. The van der Waals surface area contributed by atoms with Gasteiger partial charge in [-0.25, -0.2) is 0 Å². The van der Waals surface area contributed by atoms with Gasteiger partial charge in [0.1, 0.15) is 5.69 Å². The van der Waals surface area contributed by atoms with Crippen LogP contribution >= 0.6 is 0 Å². The van der Waals surface area contributed by atoms with E-state index in [4.69, 9.17) is 4.74 Å². The number of carbonyl (C=O) groups is 1. The fraction of sp³-hybridized carbons (Fsp3) is 0.235. The lowest BCUT2D eigenvalue weighted by Crippen LogP contribution is -2.36. The van der Waals surface area contributed by atoms with Gasteiger partial charge in [0.2, 0.25) is 0 Å². The molecule has 1 aliphatic rings. The van der Waals surface area contributed by atoms with Crippen LogP contribution in [-0.2, 0) is 4.74 Å². The van der Waals surface area contributed by atoms with Crippen LogP contribution in [0.4, 0.5) is 17.1 Å². The number of benzene rings is 2. The quantitative estimate of drug-likeness (QED) is 0.689. The molecule has 2 aromatic rings. The van der Waals surface area contributed by atoms with Crippen molar-refractivity contribution in [2.75, 3.05) is 36.5 Å². The molecule has 2 aromatic carbocycles. The highest BCUT2D eigenvalue weighted by atomic mass is 16.6. The van der Waals surface area contributed by atoms with E-state index in [1.54, 1.807) is 36.4 Å². The van der Waals surface area contributed by atoms with Crippen LogP contribution < -0.4 is 10.2 Å². The van der Waals surface area contributed by atoms with Gasteiger partial charge in [-0.1, -0.05) is 18.2 Å². The van der Waals surface area contributed by atoms with Crippen molar-refractivity contribution < 1.29 is 14.5 Å². The Morgan fingerprint density at radius 3 is 2.50 bits per heavy atom. The minimum absolute atomic E-state index is 0.0717. The predicted octanol–water partition coefficient (Wildman–Crippen LogP) is 2.68. The van der Waals surface area contributed by atoms with Gasteiger partial charge in [-0.3, -0.25) is 14.9 Å². The van der Waals surface area contributed by atoms with Crippen molar-refractivity contribution in [3.8, 4) is 0 Å². The Bertz CT molecular complexity index is 743. The van der Waals surface area contributed by atoms with Crippen LogP contribution in [-0.4, -0.2) is 37.1 Å². The summed E-state index contributed by atoms with van der Waals surface area (Å²) < 4.78 is 5.27. The lowest BCUT2D eigenvalue weighted by molar-refractivity contribution is -0.384. The lowest BCUT2D eigenvalue weighted by Gasteiger charge is -2.28. The number of nitro benzene ring substituents is 1. The average Bonchev–Trinajstić information content (AvgIpc) is 2.62. The maximum atomic E-state index is 12.3. The van der Waals surface area contributed by atoms with Gasteiger partial charge in [0.15, 0.2) is 0 Å². The maximum Gasteiger partial charge on any atom is 0.293 e. The fourth-order valence-corrected chi connectivity index (χ4v) is 2.61. The number of morpholine rings is 1. The number of nitrogens with one attached hydrogen (secondary N) is 1. The second-order valence-corrected chi connectivity index (χ2v) is 5.38. The standard InChI is InChI=1S/C17H17N3O4/c21-17(18-14-4-2-1-3-5-14)13-6-7-15(16(12-13)20(22)23)19-8-10-24-11-9-19/h1-7,12H,8-11H2,(H,18,21). The molecule has 1 aliphatic heterocycles. The predicted molar refractivity (Wildman–Crippen MR) is 90.5 cm³/mol. The van der Waals surface area contributed by atoms with Crippen LogP contribution in [0, 0.1) is 10.1 Å². The summed E-state index contributed by atoms with van der Waals surface area (Å²) in [5.74, 6) is -0.377. The molecule has 3 rings (SSSR count). The number of hydrogen-bond donors (Lipinski definition) is 1. The Hall–Kier alpha value is -2.93. The van der Waals surface area contributed by atoms with Crippen LogP contribution in [0.3, 0.4) is 0 Å². The first kappa shape index (κ1) is 15.9. The van der Waals surface area contributed by atoms with Crippen molar-refractivity contribution in [3.05, 3.63) is 64.2 Å². The van der Waals surface area contributed by atoms with Crippen LogP contribution in [0.2, 0.25) is 0 Å². The Kier molecular flexibility index (Phi) is 4.72. The molecule has 0 radical (unpaired) electrons. The first-order valence-corrected chi connectivity index (χ1v) is 7.63. The van der Waals surface area contributed by atoms with E-state index < -0.39 is 4.92 Å². The topological polar surface area (TPSA) is 84.7 Å². The molecule has 1 amide bonds. The molecule has 0 spiro atoms. The van der Waals surface area contributed by atoms with Crippen molar-refractivity contribution >= 4 is 23.0 Å². The Labute approximate surface area is 139 Å². The average molecular weight is 327 g/mol. The normalized spacial score (nSPS) is 14.2. The molecular formula is C17H17N3O4. The molecule has 24 heavy (non-hydrogen) atoms. The van der Waals surface area contributed by atoms with Crippen molar-refractivity contribution in [2.24, 2.45) is 0 Å². The van der Waals surface area contributed by atoms with E-state index in [1.807, 2.05) is 11.0 Å². The molecule has 0 bridgehead atoms. The van der Waals surface area contributed by atoms with Crippen LogP contribution in [0.25, 0.3) is 0 Å². The fourth-order valence-electron chi connectivity index (χ4n) is 2.61. The molecule has 0 unspecified atom stereocenters. The smallest absolute Gasteiger partial charge is 0.293 e. The van der Waals surface area contributed by atoms with E-state index in [2.05, 4.69) is 5.32 Å². The molecule has 0 saturated carbocycles. The van der Waals surface area contributed by atoms with E-state index in [9.17, 15) is 14.9 Å². The van der Waals surface area contributed by atoms with Gasteiger partial charge < -0.3 is 15.0 Å². The number of anilines is 2. The molecule has 124 valence electrons. The number of ether oxygens (including phenoxy) is 1. The highest BCUT2D eigenvalue weighted by molar-refractivity contribution is 6.05. The molecule has 0 aliphatic carbocycles. The van der Waals surface area contributed by atoms with Crippen molar-refractivity contribution in [3.63, 3.8) is 0 Å². The monoisotopic (exact) mass is 327 g/mol. The summed E-state index contributed by atoms with van der Waals surface area (Å²) in [4.78, 5) is 25.2. The van der Waals surface area contributed by atoms with Gasteiger partial charge in [-0.2, -0.15) is 0 Å². The number of hydrogen-bond acceptors (Lipinski definition) is 5. The number of nitrogens with zero attached hydrogens (tertiary/aromatic N) is 2. The van der Waals surface area contributed by atoms with E-state index in [-0.39, 0.29) is 17.2 Å². The summed E-state index contributed by atoms with van der Waals surface area (Å²) in [6.45, 7) is 2.26. The molecule has 7 nitrogen and oxygen atoms in total. The van der Waals surface area contributed by atoms with Gasteiger partial charge in [0.25, 0.3) is 11.6 Å². The summed E-state index contributed by atoms with van der Waals surface area (Å²) in [7, 11) is 0. The molecule has 1 fully saturated rings. The molecule has 7 heteroatoms. The third-order valence-electron chi connectivity index (χ3n) is 3.82. The summed E-state index contributed by atoms with van der Waals surface area (Å²) >= 11 is 0. The Morgan fingerprint density at radius 2 is 1.83 bits per heavy atom. The lowest BCUT2D eigenvalue weighted by atomic mass is 10.1. The zero-order valence-corrected chi connectivity index (χ0v) is 13.0.